The molecule has 0 aliphatic rings. The number of hydrogen-bond donors (Lipinski definition) is 1. The number of hydrogen-bond acceptors (Lipinski definition) is 3. The van der Waals surface area contributed by atoms with Crippen molar-refractivity contribution in [1.82, 2.24) is 9.88 Å². The summed E-state index contributed by atoms with van der Waals surface area (Å²) in [5.74, 6) is 0. The molecule has 0 spiro atoms. The van der Waals surface area contributed by atoms with Crippen LogP contribution in [-0.4, -0.2) is 24.8 Å². The first kappa shape index (κ1) is 11.9. The number of pyridine rings is 1. The lowest BCUT2D eigenvalue weighted by Crippen LogP contribution is -2.27. The van der Waals surface area contributed by atoms with E-state index in [1.807, 2.05) is 19.1 Å². The molecule has 1 aromatic rings. The van der Waals surface area contributed by atoms with Crippen LogP contribution in [0.2, 0.25) is 0 Å². The molecule has 15 heavy (non-hydrogen) atoms. The van der Waals surface area contributed by atoms with Gasteiger partial charge in [-0.05, 0) is 12.6 Å². The van der Waals surface area contributed by atoms with Crippen molar-refractivity contribution in [2.75, 3.05) is 20.3 Å². The Morgan fingerprint density at radius 2 is 2.33 bits per heavy atom. The lowest BCUT2D eigenvalue weighted by atomic mass is 10.2. The van der Waals surface area contributed by atoms with Crippen LogP contribution in [-0.2, 0) is 17.8 Å². The van der Waals surface area contributed by atoms with Crippen molar-refractivity contribution in [2.24, 2.45) is 0 Å². The van der Waals surface area contributed by atoms with Crippen LogP contribution in [0.15, 0.2) is 23.1 Å². The van der Waals surface area contributed by atoms with Gasteiger partial charge in [-0.1, -0.05) is 13.0 Å². The Labute approximate surface area is 89.9 Å². The number of ether oxygens (including phenoxy) is 1. The van der Waals surface area contributed by atoms with Gasteiger partial charge in [-0.25, -0.2) is 0 Å². The van der Waals surface area contributed by atoms with Gasteiger partial charge in [0.25, 0.3) is 5.56 Å². The number of methoxy groups -OCH3 is 1. The zero-order valence-electron chi connectivity index (χ0n) is 9.32. The summed E-state index contributed by atoms with van der Waals surface area (Å²) in [6.45, 7) is 4.68. The first-order chi connectivity index (χ1) is 7.29. The van der Waals surface area contributed by atoms with Crippen molar-refractivity contribution in [1.29, 1.82) is 0 Å². The van der Waals surface area contributed by atoms with Gasteiger partial charge >= 0.3 is 0 Å². The maximum absolute atomic E-state index is 11.8. The van der Waals surface area contributed by atoms with Crippen LogP contribution in [0.4, 0.5) is 0 Å². The maximum atomic E-state index is 11.8. The number of rotatable bonds is 6. The number of nitrogens with zero attached hydrogens (tertiary/aromatic N) is 1. The van der Waals surface area contributed by atoms with Crippen LogP contribution >= 0.6 is 0 Å². The van der Waals surface area contributed by atoms with E-state index in [4.69, 9.17) is 4.74 Å². The Balaban J connectivity index is 2.76. The summed E-state index contributed by atoms with van der Waals surface area (Å²) in [5, 5.41) is 3.14. The van der Waals surface area contributed by atoms with Crippen molar-refractivity contribution in [3.8, 4) is 0 Å². The summed E-state index contributed by atoms with van der Waals surface area (Å²) < 4.78 is 6.62. The smallest absolute Gasteiger partial charge is 0.255 e. The number of nitrogens with one attached hydrogen (secondary N) is 1. The van der Waals surface area contributed by atoms with Crippen LogP contribution < -0.4 is 10.9 Å². The molecule has 1 N–H and O–H groups in total. The summed E-state index contributed by atoms with van der Waals surface area (Å²) >= 11 is 0. The third kappa shape index (κ3) is 3.49. The minimum absolute atomic E-state index is 0.0653. The summed E-state index contributed by atoms with van der Waals surface area (Å²) in [6.07, 6.45) is 1.79. The van der Waals surface area contributed by atoms with Crippen molar-refractivity contribution >= 4 is 0 Å². The van der Waals surface area contributed by atoms with Gasteiger partial charge in [0.15, 0.2) is 0 Å². The third-order valence-corrected chi connectivity index (χ3v) is 2.20. The molecule has 1 aromatic heterocycles. The van der Waals surface area contributed by atoms with Gasteiger partial charge in [-0.15, -0.1) is 0 Å². The Morgan fingerprint density at radius 1 is 1.53 bits per heavy atom. The standard InChI is InChI=1S/C11H18N2O2/c1-3-12-9-10-5-4-6-13(11(10)14)7-8-15-2/h4-6,12H,3,7-9H2,1-2H3. The lowest BCUT2D eigenvalue weighted by molar-refractivity contribution is 0.186. The Hall–Kier alpha value is -1.13. The molecule has 0 atom stereocenters. The summed E-state index contributed by atoms with van der Waals surface area (Å²) in [6, 6.07) is 3.75. The SMILES string of the molecule is CCNCc1cccn(CCOC)c1=O. The zero-order valence-corrected chi connectivity index (χ0v) is 9.32. The van der Waals surface area contributed by atoms with Crippen molar-refractivity contribution < 1.29 is 4.74 Å². The molecule has 0 bridgehead atoms. The lowest BCUT2D eigenvalue weighted by Gasteiger charge is -2.07. The highest BCUT2D eigenvalue weighted by Crippen LogP contribution is 1.91. The summed E-state index contributed by atoms with van der Waals surface area (Å²) in [5.41, 5.74) is 0.867. The average molecular weight is 210 g/mol. The predicted molar refractivity (Wildman–Crippen MR) is 60.0 cm³/mol. The summed E-state index contributed by atoms with van der Waals surface area (Å²) in [4.78, 5) is 11.8. The molecule has 0 unspecified atom stereocenters. The second-order valence-electron chi connectivity index (χ2n) is 3.31. The third-order valence-electron chi connectivity index (χ3n) is 2.20. The average Bonchev–Trinajstić information content (AvgIpc) is 2.26. The van der Waals surface area contributed by atoms with Crippen LogP contribution in [0, 0.1) is 0 Å². The molecule has 84 valence electrons. The van der Waals surface area contributed by atoms with Gasteiger partial charge in [-0.3, -0.25) is 4.79 Å². The highest BCUT2D eigenvalue weighted by molar-refractivity contribution is 5.10. The Bertz CT molecular complexity index is 317. The van der Waals surface area contributed by atoms with E-state index in [9.17, 15) is 4.79 Å². The summed E-state index contributed by atoms with van der Waals surface area (Å²) in [7, 11) is 1.63. The first-order valence-electron chi connectivity index (χ1n) is 5.17. The minimum atomic E-state index is 0.0653. The van der Waals surface area contributed by atoms with Gasteiger partial charge < -0.3 is 14.6 Å². The fourth-order valence-corrected chi connectivity index (χ4v) is 1.35. The molecule has 4 nitrogen and oxygen atoms in total. The second-order valence-corrected chi connectivity index (χ2v) is 3.31. The quantitative estimate of drug-likeness (QED) is 0.748. The molecule has 0 radical (unpaired) electrons. The fraction of sp³-hybridized carbons (Fsp3) is 0.545. The van der Waals surface area contributed by atoms with E-state index in [0.717, 1.165) is 12.1 Å². The number of aromatic nitrogens is 1. The molecule has 0 aliphatic heterocycles. The van der Waals surface area contributed by atoms with Gasteiger partial charge in [-0.2, -0.15) is 0 Å². The molecular formula is C11H18N2O2. The molecule has 0 aliphatic carbocycles. The van der Waals surface area contributed by atoms with Gasteiger partial charge in [0.05, 0.1) is 6.61 Å². The predicted octanol–water partition coefficient (Wildman–Crippen LogP) is 0.604. The molecule has 0 aromatic carbocycles. The van der Waals surface area contributed by atoms with Crippen molar-refractivity contribution in [3.05, 3.63) is 34.2 Å². The van der Waals surface area contributed by atoms with E-state index in [1.165, 1.54) is 0 Å². The zero-order chi connectivity index (χ0) is 11.1. The van der Waals surface area contributed by atoms with E-state index in [1.54, 1.807) is 17.9 Å². The van der Waals surface area contributed by atoms with E-state index in [2.05, 4.69) is 5.32 Å². The molecule has 1 heterocycles. The monoisotopic (exact) mass is 210 g/mol. The van der Waals surface area contributed by atoms with Crippen LogP contribution in [0.25, 0.3) is 0 Å². The highest BCUT2D eigenvalue weighted by atomic mass is 16.5. The minimum Gasteiger partial charge on any atom is -0.383 e. The molecule has 0 fully saturated rings. The molecule has 0 saturated heterocycles. The Kier molecular flexibility index (Phi) is 5.07. The van der Waals surface area contributed by atoms with Crippen LogP contribution in [0.3, 0.4) is 0 Å². The van der Waals surface area contributed by atoms with Crippen LogP contribution in [0.1, 0.15) is 12.5 Å². The Morgan fingerprint density at radius 3 is 3.00 bits per heavy atom. The van der Waals surface area contributed by atoms with Gasteiger partial charge in [0.1, 0.15) is 0 Å². The van der Waals surface area contributed by atoms with Crippen LogP contribution in [0.5, 0.6) is 0 Å². The topological polar surface area (TPSA) is 43.3 Å². The largest absolute Gasteiger partial charge is 0.383 e. The van der Waals surface area contributed by atoms with Gasteiger partial charge in [0.2, 0.25) is 0 Å². The molecule has 1 rings (SSSR count). The van der Waals surface area contributed by atoms with Crippen molar-refractivity contribution in [2.45, 2.75) is 20.0 Å². The molecule has 4 heteroatoms. The fourth-order valence-electron chi connectivity index (χ4n) is 1.35. The van der Waals surface area contributed by atoms with E-state index < -0.39 is 0 Å². The molecule has 0 saturated carbocycles. The highest BCUT2D eigenvalue weighted by Gasteiger charge is 2.01. The van der Waals surface area contributed by atoms with Crippen molar-refractivity contribution in [3.63, 3.8) is 0 Å². The van der Waals surface area contributed by atoms with Gasteiger partial charge in [0, 0.05) is 32.0 Å². The normalized spacial score (nSPS) is 10.5. The maximum Gasteiger partial charge on any atom is 0.255 e. The molecule has 0 amide bonds. The van der Waals surface area contributed by atoms with E-state index in [-0.39, 0.29) is 5.56 Å². The first-order valence-corrected chi connectivity index (χ1v) is 5.17. The second kappa shape index (κ2) is 6.37. The van der Waals surface area contributed by atoms with E-state index in [0.29, 0.717) is 19.7 Å². The van der Waals surface area contributed by atoms with E-state index >= 15 is 0 Å². The molecular weight excluding hydrogens is 192 g/mol.